The summed E-state index contributed by atoms with van der Waals surface area (Å²) in [6.07, 6.45) is 2.76. The van der Waals surface area contributed by atoms with E-state index in [1.807, 2.05) is 0 Å². The number of nitrogens with zero attached hydrogens (tertiary/aromatic N) is 1. The maximum Gasteiger partial charge on any atom is 0.344 e. The van der Waals surface area contributed by atoms with Crippen molar-refractivity contribution in [2.24, 2.45) is 0 Å². The van der Waals surface area contributed by atoms with Crippen molar-refractivity contribution in [2.45, 2.75) is 19.8 Å². The van der Waals surface area contributed by atoms with Crippen LogP contribution in [0.4, 0.5) is 8.78 Å². The van der Waals surface area contributed by atoms with Gasteiger partial charge in [-0.3, -0.25) is 0 Å². The van der Waals surface area contributed by atoms with Gasteiger partial charge in [0.2, 0.25) is 5.88 Å². The second-order valence-corrected chi connectivity index (χ2v) is 3.86. The van der Waals surface area contributed by atoms with Crippen molar-refractivity contribution in [1.29, 1.82) is 0 Å². The first-order valence-electron chi connectivity index (χ1n) is 5.68. The third-order valence-electron chi connectivity index (χ3n) is 2.11. The Morgan fingerprint density at radius 1 is 1.58 bits per heavy atom. The molecule has 0 aliphatic rings. The monoisotopic (exact) mass is 271 g/mol. The maximum atomic E-state index is 12.8. The van der Waals surface area contributed by atoms with Crippen molar-refractivity contribution in [3.8, 4) is 5.88 Å². The maximum absolute atomic E-state index is 12.8. The third kappa shape index (κ3) is 4.31. The Labute approximate surface area is 110 Å². The minimum absolute atomic E-state index is 0.00333. The van der Waals surface area contributed by atoms with E-state index in [0.717, 1.165) is 0 Å². The van der Waals surface area contributed by atoms with E-state index in [0.29, 0.717) is 12.5 Å². The largest absolute Gasteiger partial charge is 0.471 e. The lowest BCUT2D eigenvalue weighted by atomic mass is 10.1. The Morgan fingerprint density at radius 3 is 2.79 bits per heavy atom. The number of carbonyl (C=O) groups excluding carboxylic acids is 1. The smallest absolute Gasteiger partial charge is 0.344 e. The van der Waals surface area contributed by atoms with Crippen molar-refractivity contribution in [2.75, 3.05) is 13.2 Å². The zero-order chi connectivity index (χ0) is 14.5. The molecule has 0 fully saturated rings. The summed E-state index contributed by atoms with van der Waals surface area (Å²) in [5.74, 6) is -3.88. The number of halogens is 2. The quantitative estimate of drug-likeness (QED) is 0.746. The predicted molar refractivity (Wildman–Crippen MR) is 66.4 cm³/mol. The number of hydrogen-bond donors (Lipinski definition) is 0. The van der Waals surface area contributed by atoms with E-state index < -0.39 is 18.5 Å². The van der Waals surface area contributed by atoms with Crippen LogP contribution < -0.4 is 4.74 Å². The van der Waals surface area contributed by atoms with Crippen molar-refractivity contribution in [3.05, 3.63) is 30.0 Å². The molecule has 0 spiro atoms. The summed E-state index contributed by atoms with van der Waals surface area (Å²) >= 11 is 0. The second kappa shape index (κ2) is 6.26. The van der Waals surface area contributed by atoms with Crippen LogP contribution in [-0.4, -0.2) is 30.1 Å². The molecule has 0 aromatic carbocycles. The van der Waals surface area contributed by atoms with Gasteiger partial charge in [-0.15, -0.1) is 0 Å². The summed E-state index contributed by atoms with van der Waals surface area (Å²) in [5, 5.41) is 0. The molecule has 1 heterocycles. The summed E-state index contributed by atoms with van der Waals surface area (Å²) in [6.45, 7) is 5.20. The van der Waals surface area contributed by atoms with Crippen LogP contribution in [0.3, 0.4) is 0 Å². The average molecular weight is 271 g/mol. The molecule has 1 aromatic heterocycles. The molecule has 0 radical (unpaired) electrons. The van der Waals surface area contributed by atoms with E-state index in [2.05, 4.69) is 11.6 Å². The van der Waals surface area contributed by atoms with Crippen LogP contribution in [0.15, 0.2) is 18.8 Å². The van der Waals surface area contributed by atoms with Crippen molar-refractivity contribution < 1.29 is 23.0 Å². The molecular weight excluding hydrogens is 256 g/mol. The van der Waals surface area contributed by atoms with Crippen LogP contribution in [0, 0.1) is 0 Å². The highest BCUT2D eigenvalue weighted by Crippen LogP contribution is 2.23. The highest BCUT2D eigenvalue weighted by atomic mass is 19.3. The topological polar surface area (TPSA) is 48.4 Å². The number of ether oxygens (including phenoxy) is 2. The number of hydrogen-bond acceptors (Lipinski definition) is 4. The number of aromatic nitrogens is 1. The number of carbonyl (C=O) groups is 1. The lowest BCUT2D eigenvalue weighted by Gasteiger charge is -2.14. The SMILES string of the molecule is C=Cc1ccnc(OCC(C)(F)F)c1C(=O)OCC. The second-order valence-electron chi connectivity index (χ2n) is 3.86. The molecule has 4 nitrogen and oxygen atoms in total. The van der Waals surface area contributed by atoms with E-state index in [4.69, 9.17) is 9.47 Å². The molecule has 0 saturated carbocycles. The normalized spacial score (nSPS) is 10.9. The lowest BCUT2D eigenvalue weighted by molar-refractivity contribution is -0.0247. The van der Waals surface area contributed by atoms with Crippen molar-refractivity contribution in [3.63, 3.8) is 0 Å². The third-order valence-corrected chi connectivity index (χ3v) is 2.11. The first-order chi connectivity index (χ1) is 8.89. The van der Waals surface area contributed by atoms with Crippen LogP contribution in [0.1, 0.15) is 29.8 Å². The minimum Gasteiger partial charge on any atom is -0.471 e. The van der Waals surface area contributed by atoms with Gasteiger partial charge in [0.05, 0.1) is 6.61 Å². The van der Waals surface area contributed by atoms with Gasteiger partial charge < -0.3 is 9.47 Å². The van der Waals surface area contributed by atoms with Gasteiger partial charge in [0.1, 0.15) is 5.56 Å². The molecule has 0 atom stereocenters. The molecule has 19 heavy (non-hydrogen) atoms. The molecular formula is C13H15F2NO3. The molecule has 0 saturated heterocycles. The number of esters is 1. The van der Waals surface area contributed by atoms with E-state index in [9.17, 15) is 13.6 Å². The average Bonchev–Trinajstić information content (AvgIpc) is 2.35. The molecule has 0 bridgehead atoms. The summed E-state index contributed by atoms with van der Waals surface area (Å²) < 4.78 is 35.3. The summed E-state index contributed by atoms with van der Waals surface area (Å²) in [7, 11) is 0. The first-order valence-corrected chi connectivity index (χ1v) is 5.68. The van der Waals surface area contributed by atoms with Gasteiger partial charge in [-0.1, -0.05) is 12.7 Å². The Balaban J connectivity index is 3.09. The molecule has 1 aromatic rings. The summed E-state index contributed by atoms with van der Waals surface area (Å²) in [5.41, 5.74) is 0.423. The number of pyridine rings is 1. The van der Waals surface area contributed by atoms with Gasteiger partial charge in [-0.05, 0) is 18.6 Å². The molecule has 0 N–H and O–H groups in total. The highest BCUT2D eigenvalue weighted by Gasteiger charge is 2.25. The Bertz CT molecular complexity index is 469. The van der Waals surface area contributed by atoms with Crippen molar-refractivity contribution in [1.82, 2.24) is 4.98 Å². The molecule has 0 unspecified atom stereocenters. The molecule has 0 amide bonds. The Morgan fingerprint density at radius 2 is 2.26 bits per heavy atom. The molecule has 6 heteroatoms. The highest BCUT2D eigenvalue weighted by molar-refractivity contribution is 5.95. The predicted octanol–water partition coefficient (Wildman–Crippen LogP) is 2.94. The van der Waals surface area contributed by atoms with Gasteiger partial charge in [-0.25, -0.2) is 18.6 Å². The number of alkyl halides is 2. The van der Waals surface area contributed by atoms with Gasteiger partial charge in [0.25, 0.3) is 5.92 Å². The Kier molecular flexibility index (Phi) is 4.97. The molecule has 1 rings (SSSR count). The van der Waals surface area contributed by atoms with Crippen LogP contribution in [0.2, 0.25) is 0 Å². The van der Waals surface area contributed by atoms with E-state index >= 15 is 0 Å². The van der Waals surface area contributed by atoms with Crippen LogP contribution in [-0.2, 0) is 4.74 Å². The zero-order valence-corrected chi connectivity index (χ0v) is 10.8. The van der Waals surface area contributed by atoms with Gasteiger partial charge in [0, 0.05) is 13.1 Å². The fourth-order valence-corrected chi connectivity index (χ4v) is 1.34. The summed E-state index contributed by atoms with van der Waals surface area (Å²) in [6, 6.07) is 1.52. The van der Waals surface area contributed by atoms with E-state index in [-0.39, 0.29) is 18.1 Å². The first kappa shape index (κ1) is 15.1. The fraction of sp³-hybridized carbons (Fsp3) is 0.385. The minimum atomic E-state index is -3.02. The van der Waals surface area contributed by atoms with Gasteiger partial charge in [-0.2, -0.15) is 0 Å². The van der Waals surface area contributed by atoms with E-state index in [1.165, 1.54) is 18.3 Å². The molecule has 104 valence electrons. The lowest BCUT2D eigenvalue weighted by Crippen LogP contribution is -2.22. The summed E-state index contributed by atoms with van der Waals surface area (Å²) in [4.78, 5) is 15.6. The van der Waals surface area contributed by atoms with Crippen LogP contribution in [0.5, 0.6) is 5.88 Å². The van der Waals surface area contributed by atoms with Gasteiger partial charge in [0.15, 0.2) is 6.61 Å². The fourth-order valence-electron chi connectivity index (χ4n) is 1.34. The van der Waals surface area contributed by atoms with Crippen LogP contribution >= 0.6 is 0 Å². The van der Waals surface area contributed by atoms with Crippen LogP contribution in [0.25, 0.3) is 6.08 Å². The van der Waals surface area contributed by atoms with E-state index in [1.54, 1.807) is 6.92 Å². The van der Waals surface area contributed by atoms with Gasteiger partial charge >= 0.3 is 5.97 Å². The number of rotatable bonds is 6. The molecule has 0 aliphatic carbocycles. The molecule has 0 aliphatic heterocycles. The zero-order valence-electron chi connectivity index (χ0n) is 10.8. The van der Waals surface area contributed by atoms with Crippen molar-refractivity contribution >= 4 is 12.0 Å². The standard InChI is InChI=1S/C13H15F2NO3/c1-4-9-6-7-16-11(19-8-13(3,14)15)10(9)12(17)18-5-2/h4,6-7H,1,5,8H2,2-3H3. The Hall–Kier alpha value is -1.98.